The minimum atomic E-state index is 0.449. The lowest BCUT2D eigenvalue weighted by molar-refractivity contribution is 0.372. The first-order valence-electron chi connectivity index (χ1n) is 6.14. The van der Waals surface area contributed by atoms with Gasteiger partial charge in [0.1, 0.15) is 0 Å². The molecule has 0 bridgehead atoms. The molecule has 0 aromatic carbocycles. The average Bonchev–Trinajstić information content (AvgIpc) is 2.29. The highest BCUT2D eigenvalue weighted by atomic mass is 15.2. The summed E-state index contributed by atoms with van der Waals surface area (Å²) < 4.78 is 0. The summed E-state index contributed by atoms with van der Waals surface area (Å²) in [5.41, 5.74) is 8.10. The van der Waals surface area contributed by atoms with E-state index in [0.29, 0.717) is 12.6 Å². The van der Waals surface area contributed by atoms with Crippen molar-refractivity contribution in [2.45, 2.75) is 26.4 Å². The van der Waals surface area contributed by atoms with Crippen LogP contribution in [0.1, 0.15) is 19.4 Å². The van der Waals surface area contributed by atoms with E-state index in [2.05, 4.69) is 42.7 Å². The van der Waals surface area contributed by atoms with Crippen LogP contribution in [0.4, 0.5) is 5.69 Å². The zero-order valence-corrected chi connectivity index (χ0v) is 11.3. The van der Waals surface area contributed by atoms with E-state index >= 15 is 0 Å². The first kappa shape index (κ1) is 13.9. The summed E-state index contributed by atoms with van der Waals surface area (Å²) >= 11 is 0. The van der Waals surface area contributed by atoms with Crippen LogP contribution >= 0.6 is 0 Å². The number of rotatable bonds is 6. The van der Waals surface area contributed by atoms with Gasteiger partial charge in [0, 0.05) is 31.9 Å². The molecule has 1 heterocycles. The Labute approximate surface area is 104 Å². The van der Waals surface area contributed by atoms with Gasteiger partial charge in [-0.2, -0.15) is 0 Å². The van der Waals surface area contributed by atoms with E-state index < -0.39 is 0 Å². The lowest BCUT2D eigenvalue weighted by Crippen LogP contribution is -2.40. The SMILES string of the molecule is CCN(c1cnccc1CN)C(C)CN(C)C. The van der Waals surface area contributed by atoms with E-state index in [-0.39, 0.29) is 0 Å². The van der Waals surface area contributed by atoms with Crippen LogP contribution in [0.3, 0.4) is 0 Å². The van der Waals surface area contributed by atoms with E-state index in [1.54, 1.807) is 6.20 Å². The molecule has 4 heteroatoms. The summed E-state index contributed by atoms with van der Waals surface area (Å²) in [5.74, 6) is 0. The molecule has 1 atom stereocenters. The van der Waals surface area contributed by atoms with E-state index in [1.807, 2.05) is 12.3 Å². The van der Waals surface area contributed by atoms with Gasteiger partial charge in [-0.3, -0.25) is 4.98 Å². The van der Waals surface area contributed by atoms with Gasteiger partial charge in [-0.15, -0.1) is 0 Å². The molecule has 0 saturated carbocycles. The predicted octanol–water partition coefficient (Wildman–Crippen LogP) is 1.32. The average molecular weight is 236 g/mol. The zero-order valence-electron chi connectivity index (χ0n) is 11.3. The highest BCUT2D eigenvalue weighted by Crippen LogP contribution is 2.20. The second-order valence-electron chi connectivity index (χ2n) is 4.61. The first-order valence-corrected chi connectivity index (χ1v) is 6.14. The van der Waals surface area contributed by atoms with Gasteiger partial charge in [0.05, 0.1) is 11.9 Å². The Balaban J connectivity index is 2.92. The fourth-order valence-corrected chi connectivity index (χ4v) is 2.19. The Morgan fingerprint density at radius 3 is 2.65 bits per heavy atom. The third kappa shape index (κ3) is 3.68. The monoisotopic (exact) mass is 236 g/mol. The smallest absolute Gasteiger partial charge is 0.0601 e. The van der Waals surface area contributed by atoms with Gasteiger partial charge in [-0.05, 0) is 39.6 Å². The topological polar surface area (TPSA) is 45.4 Å². The first-order chi connectivity index (χ1) is 8.10. The molecular formula is C13H24N4. The summed E-state index contributed by atoms with van der Waals surface area (Å²) in [4.78, 5) is 8.77. The molecule has 96 valence electrons. The number of hydrogen-bond donors (Lipinski definition) is 1. The summed E-state index contributed by atoms with van der Waals surface area (Å²) in [6.45, 7) is 6.94. The third-order valence-electron chi connectivity index (χ3n) is 2.92. The van der Waals surface area contributed by atoms with Gasteiger partial charge < -0.3 is 15.5 Å². The Kier molecular flexibility index (Phi) is 5.38. The molecule has 17 heavy (non-hydrogen) atoms. The second-order valence-corrected chi connectivity index (χ2v) is 4.61. The van der Waals surface area contributed by atoms with Crippen LogP contribution in [0.15, 0.2) is 18.5 Å². The van der Waals surface area contributed by atoms with Crippen LogP contribution in [0.25, 0.3) is 0 Å². The van der Waals surface area contributed by atoms with Gasteiger partial charge in [0.15, 0.2) is 0 Å². The molecule has 0 aliphatic carbocycles. The van der Waals surface area contributed by atoms with E-state index in [1.165, 1.54) is 0 Å². The fraction of sp³-hybridized carbons (Fsp3) is 0.615. The molecule has 0 fully saturated rings. The molecule has 1 aromatic heterocycles. The molecule has 1 unspecified atom stereocenters. The summed E-state index contributed by atoms with van der Waals surface area (Å²) in [7, 11) is 4.19. The Hall–Kier alpha value is -1.13. The van der Waals surface area contributed by atoms with Gasteiger partial charge >= 0.3 is 0 Å². The molecular weight excluding hydrogens is 212 g/mol. The van der Waals surface area contributed by atoms with Crippen molar-refractivity contribution < 1.29 is 0 Å². The maximum atomic E-state index is 5.78. The van der Waals surface area contributed by atoms with Crippen LogP contribution in [0.2, 0.25) is 0 Å². The predicted molar refractivity (Wildman–Crippen MR) is 73.2 cm³/mol. The number of hydrogen-bond acceptors (Lipinski definition) is 4. The molecule has 0 saturated heterocycles. The molecule has 0 aliphatic heterocycles. The van der Waals surface area contributed by atoms with Crippen molar-refractivity contribution in [3.05, 3.63) is 24.0 Å². The van der Waals surface area contributed by atoms with E-state index in [0.717, 1.165) is 24.3 Å². The van der Waals surface area contributed by atoms with Crippen LogP contribution in [-0.2, 0) is 6.54 Å². The van der Waals surface area contributed by atoms with Crippen molar-refractivity contribution in [3.8, 4) is 0 Å². The standard InChI is InChI=1S/C13H24N4/c1-5-17(11(2)10-16(3)4)13-9-15-7-6-12(13)8-14/h6-7,9,11H,5,8,10,14H2,1-4H3. The molecule has 4 nitrogen and oxygen atoms in total. The van der Waals surface area contributed by atoms with Gasteiger partial charge in [-0.1, -0.05) is 0 Å². The highest BCUT2D eigenvalue weighted by Gasteiger charge is 2.16. The Morgan fingerprint density at radius 2 is 2.12 bits per heavy atom. The third-order valence-corrected chi connectivity index (χ3v) is 2.92. The molecule has 0 amide bonds. The quantitative estimate of drug-likeness (QED) is 0.809. The number of aromatic nitrogens is 1. The van der Waals surface area contributed by atoms with Crippen molar-refractivity contribution >= 4 is 5.69 Å². The lowest BCUT2D eigenvalue weighted by Gasteiger charge is -2.33. The Bertz CT molecular complexity index is 338. The minimum Gasteiger partial charge on any atom is -0.366 e. The molecule has 2 N–H and O–H groups in total. The van der Waals surface area contributed by atoms with Crippen molar-refractivity contribution in [2.75, 3.05) is 32.1 Å². The van der Waals surface area contributed by atoms with Crippen molar-refractivity contribution in [2.24, 2.45) is 5.73 Å². The van der Waals surface area contributed by atoms with Crippen LogP contribution in [0, 0.1) is 0 Å². The molecule has 0 aliphatic rings. The summed E-state index contributed by atoms with van der Waals surface area (Å²) in [6.07, 6.45) is 3.72. The van der Waals surface area contributed by atoms with E-state index in [9.17, 15) is 0 Å². The van der Waals surface area contributed by atoms with Crippen LogP contribution < -0.4 is 10.6 Å². The lowest BCUT2D eigenvalue weighted by atomic mass is 10.1. The largest absolute Gasteiger partial charge is 0.366 e. The van der Waals surface area contributed by atoms with Crippen molar-refractivity contribution in [3.63, 3.8) is 0 Å². The van der Waals surface area contributed by atoms with Crippen molar-refractivity contribution in [1.82, 2.24) is 9.88 Å². The highest BCUT2D eigenvalue weighted by molar-refractivity contribution is 5.52. The minimum absolute atomic E-state index is 0.449. The van der Waals surface area contributed by atoms with Crippen LogP contribution in [0.5, 0.6) is 0 Å². The second kappa shape index (κ2) is 6.57. The maximum Gasteiger partial charge on any atom is 0.0601 e. The fourth-order valence-electron chi connectivity index (χ4n) is 2.19. The zero-order chi connectivity index (χ0) is 12.8. The summed E-state index contributed by atoms with van der Waals surface area (Å²) in [5, 5.41) is 0. The van der Waals surface area contributed by atoms with E-state index in [4.69, 9.17) is 5.73 Å². The number of likely N-dealkylation sites (N-methyl/N-ethyl adjacent to an activating group) is 2. The molecule has 1 aromatic rings. The summed E-state index contributed by atoms with van der Waals surface area (Å²) in [6, 6.07) is 2.45. The number of nitrogens with two attached hydrogens (primary N) is 1. The Morgan fingerprint density at radius 1 is 1.41 bits per heavy atom. The number of anilines is 1. The van der Waals surface area contributed by atoms with Gasteiger partial charge in [0.25, 0.3) is 0 Å². The molecule has 0 spiro atoms. The molecule has 0 radical (unpaired) electrons. The van der Waals surface area contributed by atoms with Gasteiger partial charge in [0.2, 0.25) is 0 Å². The van der Waals surface area contributed by atoms with Crippen LogP contribution in [-0.4, -0.2) is 43.1 Å². The van der Waals surface area contributed by atoms with Crippen molar-refractivity contribution in [1.29, 1.82) is 0 Å². The number of pyridine rings is 1. The molecule has 1 rings (SSSR count). The number of nitrogens with zero attached hydrogens (tertiary/aromatic N) is 3. The normalized spacial score (nSPS) is 12.8. The maximum absolute atomic E-state index is 5.78. The van der Waals surface area contributed by atoms with Gasteiger partial charge in [-0.25, -0.2) is 0 Å².